The van der Waals surface area contributed by atoms with E-state index in [0.29, 0.717) is 10.7 Å². The lowest BCUT2D eigenvalue weighted by Gasteiger charge is -2.17. The maximum Gasteiger partial charge on any atom is 0.193 e. The number of fused-ring (bicyclic) bond motifs is 1. The maximum absolute atomic E-state index is 4.65. The van der Waals surface area contributed by atoms with Crippen LogP contribution >= 0.6 is 27.3 Å². The van der Waals surface area contributed by atoms with E-state index in [9.17, 15) is 0 Å². The molecule has 0 radical (unpaired) electrons. The number of halogens is 1. The first-order chi connectivity index (χ1) is 9.24. The highest BCUT2D eigenvalue weighted by Crippen LogP contribution is 2.32. The fourth-order valence-corrected chi connectivity index (χ4v) is 3.48. The molecule has 0 fully saturated rings. The van der Waals surface area contributed by atoms with Crippen LogP contribution in [0.2, 0.25) is 0 Å². The van der Waals surface area contributed by atoms with Crippen molar-refractivity contribution in [2.24, 2.45) is 5.92 Å². The molecule has 2 nitrogen and oxygen atoms in total. The summed E-state index contributed by atoms with van der Waals surface area (Å²) in [6.07, 6.45) is 5.18. The molecule has 98 valence electrons. The number of nitrogens with zero attached hydrogens (tertiary/aromatic N) is 2. The Balaban J connectivity index is 1.74. The SMILES string of the molecule is CC(Cc1cn2ccsc2n1)C(Br)c1ccccc1. The van der Waals surface area contributed by atoms with Crippen LogP contribution in [0, 0.1) is 5.92 Å². The first-order valence-electron chi connectivity index (χ1n) is 6.34. The van der Waals surface area contributed by atoms with Crippen molar-refractivity contribution in [3.05, 3.63) is 59.4 Å². The van der Waals surface area contributed by atoms with E-state index < -0.39 is 0 Å². The molecular weight excluding hydrogens is 320 g/mol. The standard InChI is InChI=1S/C15H15BrN2S/c1-11(14(16)12-5-3-2-4-6-12)9-13-10-18-7-8-19-15(18)17-13/h2-8,10-11,14H,9H2,1H3. The van der Waals surface area contributed by atoms with E-state index >= 15 is 0 Å². The third-order valence-corrected chi connectivity index (χ3v) is 5.49. The van der Waals surface area contributed by atoms with E-state index in [1.807, 2.05) is 0 Å². The van der Waals surface area contributed by atoms with Gasteiger partial charge in [0.15, 0.2) is 4.96 Å². The van der Waals surface area contributed by atoms with Gasteiger partial charge in [0.05, 0.1) is 5.69 Å². The zero-order chi connectivity index (χ0) is 13.2. The third kappa shape index (κ3) is 2.74. The fraction of sp³-hybridized carbons (Fsp3) is 0.267. The molecular formula is C15H15BrN2S. The largest absolute Gasteiger partial charge is 0.297 e. The minimum Gasteiger partial charge on any atom is -0.297 e. The average Bonchev–Trinajstić information content (AvgIpc) is 2.99. The van der Waals surface area contributed by atoms with Gasteiger partial charge in [0.1, 0.15) is 0 Å². The minimum atomic E-state index is 0.369. The van der Waals surface area contributed by atoms with Gasteiger partial charge in [-0.2, -0.15) is 0 Å². The van der Waals surface area contributed by atoms with Crippen molar-refractivity contribution >= 4 is 32.2 Å². The summed E-state index contributed by atoms with van der Waals surface area (Å²) in [4.78, 5) is 6.10. The highest BCUT2D eigenvalue weighted by molar-refractivity contribution is 9.09. The molecule has 2 aromatic heterocycles. The van der Waals surface area contributed by atoms with Gasteiger partial charge < -0.3 is 0 Å². The second-order valence-corrected chi connectivity index (χ2v) is 6.68. The Bertz CT molecular complexity index is 630. The Morgan fingerprint density at radius 3 is 2.84 bits per heavy atom. The molecule has 2 unspecified atom stereocenters. The van der Waals surface area contributed by atoms with Gasteiger partial charge in [0, 0.05) is 22.6 Å². The van der Waals surface area contributed by atoms with Crippen LogP contribution in [-0.2, 0) is 6.42 Å². The zero-order valence-electron chi connectivity index (χ0n) is 10.7. The van der Waals surface area contributed by atoms with Gasteiger partial charge in [0.2, 0.25) is 0 Å². The lowest BCUT2D eigenvalue weighted by molar-refractivity contribution is 0.566. The molecule has 0 aliphatic carbocycles. The van der Waals surface area contributed by atoms with Gasteiger partial charge in [-0.15, -0.1) is 11.3 Å². The van der Waals surface area contributed by atoms with Crippen molar-refractivity contribution in [3.63, 3.8) is 0 Å². The zero-order valence-corrected chi connectivity index (χ0v) is 13.1. The predicted octanol–water partition coefficient (Wildman–Crippen LogP) is 4.71. The first-order valence-corrected chi connectivity index (χ1v) is 8.13. The summed E-state index contributed by atoms with van der Waals surface area (Å²) in [6.45, 7) is 2.26. The van der Waals surface area contributed by atoms with E-state index in [1.54, 1.807) is 11.3 Å². The molecule has 4 heteroatoms. The smallest absolute Gasteiger partial charge is 0.193 e. The summed E-state index contributed by atoms with van der Waals surface area (Å²) in [6, 6.07) is 10.6. The molecule has 3 aromatic rings. The number of hydrogen-bond acceptors (Lipinski definition) is 2. The second kappa shape index (κ2) is 5.47. The van der Waals surface area contributed by atoms with Crippen LogP contribution in [-0.4, -0.2) is 9.38 Å². The van der Waals surface area contributed by atoms with Crippen molar-refractivity contribution in [3.8, 4) is 0 Å². The Kier molecular flexibility index (Phi) is 3.71. The van der Waals surface area contributed by atoms with E-state index in [0.717, 1.165) is 11.4 Å². The lowest BCUT2D eigenvalue weighted by Crippen LogP contribution is -2.07. The molecule has 0 aliphatic rings. The van der Waals surface area contributed by atoms with Crippen molar-refractivity contribution in [2.75, 3.05) is 0 Å². The van der Waals surface area contributed by atoms with Gasteiger partial charge in [-0.25, -0.2) is 4.98 Å². The van der Waals surface area contributed by atoms with Crippen LogP contribution in [0.1, 0.15) is 23.0 Å². The van der Waals surface area contributed by atoms with Gasteiger partial charge in [-0.05, 0) is 17.9 Å². The Morgan fingerprint density at radius 2 is 2.11 bits per heavy atom. The van der Waals surface area contributed by atoms with E-state index in [-0.39, 0.29) is 0 Å². The highest BCUT2D eigenvalue weighted by Gasteiger charge is 2.17. The molecule has 0 bridgehead atoms. The van der Waals surface area contributed by atoms with Crippen LogP contribution < -0.4 is 0 Å². The van der Waals surface area contributed by atoms with Gasteiger partial charge in [-0.3, -0.25) is 4.40 Å². The van der Waals surface area contributed by atoms with Crippen LogP contribution in [0.3, 0.4) is 0 Å². The van der Waals surface area contributed by atoms with Crippen LogP contribution in [0.5, 0.6) is 0 Å². The first kappa shape index (κ1) is 12.9. The number of alkyl halides is 1. The molecule has 2 heterocycles. The molecule has 19 heavy (non-hydrogen) atoms. The molecule has 1 aromatic carbocycles. The monoisotopic (exact) mass is 334 g/mol. The maximum atomic E-state index is 4.65. The number of aromatic nitrogens is 2. The van der Waals surface area contributed by atoms with E-state index in [4.69, 9.17) is 0 Å². The topological polar surface area (TPSA) is 17.3 Å². The fourth-order valence-electron chi connectivity index (χ4n) is 2.27. The molecule has 0 saturated carbocycles. The number of rotatable bonds is 4. The number of imidazole rings is 1. The van der Waals surface area contributed by atoms with Crippen molar-refractivity contribution in [1.82, 2.24) is 9.38 Å². The van der Waals surface area contributed by atoms with Crippen LogP contribution in [0.25, 0.3) is 4.96 Å². The van der Waals surface area contributed by atoms with Crippen LogP contribution in [0.4, 0.5) is 0 Å². The van der Waals surface area contributed by atoms with Crippen molar-refractivity contribution in [1.29, 1.82) is 0 Å². The van der Waals surface area contributed by atoms with Crippen molar-refractivity contribution in [2.45, 2.75) is 18.2 Å². The quantitative estimate of drug-likeness (QED) is 0.631. The highest BCUT2D eigenvalue weighted by atomic mass is 79.9. The van der Waals surface area contributed by atoms with E-state index in [1.165, 1.54) is 11.3 Å². The molecule has 0 aliphatic heterocycles. The molecule has 0 amide bonds. The summed E-state index contributed by atoms with van der Waals surface area (Å²) < 4.78 is 2.10. The number of benzene rings is 1. The molecule has 0 N–H and O–H groups in total. The Labute approximate surface area is 125 Å². The molecule has 0 spiro atoms. The lowest BCUT2D eigenvalue weighted by atomic mass is 9.97. The Morgan fingerprint density at radius 1 is 1.32 bits per heavy atom. The average molecular weight is 335 g/mol. The second-order valence-electron chi connectivity index (χ2n) is 4.82. The summed E-state index contributed by atoms with van der Waals surface area (Å²) in [5.41, 5.74) is 2.50. The molecule has 3 rings (SSSR count). The predicted molar refractivity (Wildman–Crippen MR) is 84.0 cm³/mol. The van der Waals surface area contributed by atoms with Gasteiger partial charge in [0.25, 0.3) is 0 Å². The summed E-state index contributed by atoms with van der Waals surface area (Å²) in [5.74, 6) is 0.506. The summed E-state index contributed by atoms with van der Waals surface area (Å²) >= 11 is 5.49. The van der Waals surface area contributed by atoms with E-state index in [2.05, 4.69) is 80.3 Å². The number of hydrogen-bond donors (Lipinski definition) is 0. The number of thiazole rings is 1. The van der Waals surface area contributed by atoms with Gasteiger partial charge >= 0.3 is 0 Å². The third-order valence-electron chi connectivity index (χ3n) is 3.29. The van der Waals surface area contributed by atoms with Gasteiger partial charge in [-0.1, -0.05) is 53.2 Å². The normalized spacial score (nSPS) is 14.6. The molecule has 2 atom stereocenters. The Hall–Kier alpha value is -1.13. The summed E-state index contributed by atoms with van der Waals surface area (Å²) in [7, 11) is 0. The van der Waals surface area contributed by atoms with Crippen LogP contribution in [0.15, 0.2) is 48.1 Å². The van der Waals surface area contributed by atoms with Crippen molar-refractivity contribution < 1.29 is 0 Å². The molecule has 0 saturated heterocycles. The summed E-state index contributed by atoms with van der Waals surface area (Å²) in [5, 5.41) is 2.06. The minimum absolute atomic E-state index is 0.369.